The van der Waals surface area contributed by atoms with E-state index in [0.29, 0.717) is 11.4 Å². The number of aryl methyl sites for hydroxylation is 1. The van der Waals surface area contributed by atoms with E-state index in [0.717, 1.165) is 11.9 Å². The van der Waals surface area contributed by atoms with Gasteiger partial charge < -0.3 is 10.1 Å². The number of carbonyl (C=O) groups excluding carboxylic acids is 1. The lowest BCUT2D eigenvalue weighted by Gasteiger charge is -2.11. The van der Waals surface area contributed by atoms with Crippen LogP contribution in [0.3, 0.4) is 0 Å². The maximum atomic E-state index is 12.0. The van der Waals surface area contributed by atoms with Gasteiger partial charge in [-0.15, -0.1) is 0 Å². The number of rotatable bonds is 8. The first-order chi connectivity index (χ1) is 14.0. The third-order valence-corrected chi connectivity index (χ3v) is 3.72. The highest BCUT2D eigenvalue weighted by molar-refractivity contribution is 5.80. The maximum absolute atomic E-state index is 12.0. The van der Waals surface area contributed by atoms with Gasteiger partial charge in [-0.1, -0.05) is 30.3 Å². The van der Waals surface area contributed by atoms with Crippen molar-refractivity contribution < 1.29 is 14.5 Å². The molecular formula is C19H18N6O4. The molecule has 10 heteroatoms. The van der Waals surface area contributed by atoms with Gasteiger partial charge in [0.2, 0.25) is 11.6 Å². The Kier molecular flexibility index (Phi) is 6.15. The molecule has 0 saturated carbocycles. The van der Waals surface area contributed by atoms with Crippen molar-refractivity contribution in [3.05, 3.63) is 76.6 Å². The van der Waals surface area contributed by atoms with Crippen LogP contribution < -0.4 is 20.9 Å². The lowest BCUT2D eigenvalue weighted by Crippen LogP contribution is -2.34. The smallest absolute Gasteiger partial charge is 0.355 e. The van der Waals surface area contributed by atoms with Crippen molar-refractivity contribution in [3.8, 4) is 5.75 Å². The topological polar surface area (TPSA) is 131 Å². The zero-order chi connectivity index (χ0) is 20.6. The third-order valence-electron chi connectivity index (χ3n) is 3.72. The molecule has 0 unspecified atom stereocenters. The minimum absolute atomic E-state index is 0.00659. The molecule has 0 atom stereocenters. The Morgan fingerprint density at radius 2 is 1.86 bits per heavy atom. The van der Waals surface area contributed by atoms with Crippen molar-refractivity contribution in [1.82, 2.24) is 15.4 Å². The van der Waals surface area contributed by atoms with E-state index >= 15 is 0 Å². The number of ether oxygens (including phenoxy) is 1. The molecule has 1 heterocycles. The van der Waals surface area contributed by atoms with Crippen LogP contribution in [0.15, 0.2) is 60.9 Å². The molecule has 148 valence electrons. The van der Waals surface area contributed by atoms with Gasteiger partial charge in [0, 0.05) is 5.69 Å². The minimum atomic E-state index is -0.632. The highest BCUT2D eigenvalue weighted by Gasteiger charge is 2.23. The fourth-order valence-electron chi connectivity index (χ4n) is 2.42. The molecule has 0 aliphatic rings. The van der Waals surface area contributed by atoms with Gasteiger partial charge in [-0.3, -0.25) is 25.8 Å². The van der Waals surface area contributed by atoms with Crippen LogP contribution in [0.25, 0.3) is 0 Å². The molecule has 0 fully saturated rings. The van der Waals surface area contributed by atoms with E-state index in [4.69, 9.17) is 4.74 Å². The van der Waals surface area contributed by atoms with Crippen molar-refractivity contribution in [1.29, 1.82) is 0 Å². The number of nitrogens with zero attached hydrogens (tertiary/aromatic N) is 3. The molecule has 3 rings (SSSR count). The number of nitrogens with one attached hydrogen (secondary N) is 3. The number of benzene rings is 2. The van der Waals surface area contributed by atoms with E-state index in [1.54, 1.807) is 30.3 Å². The number of hydrogen-bond donors (Lipinski definition) is 3. The van der Waals surface area contributed by atoms with Gasteiger partial charge in [-0.05, 0) is 36.8 Å². The summed E-state index contributed by atoms with van der Waals surface area (Å²) < 4.78 is 5.32. The second-order valence-corrected chi connectivity index (χ2v) is 5.95. The second-order valence-electron chi connectivity index (χ2n) is 5.95. The summed E-state index contributed by atoms with van der Waals surface area (Å²) in [6.45, 7) is 1.63. The Labute approximate surface area is 166 Å². The zero-order valence-electron chi connectivity index (χ0n) is 15.5. The van der Waals surface area contributed by atoms with Crippen LogP contribution in [0.1, 0.15) is 5.56 Å². The molecule has 10 nitrogen and oxygen atoms in total. The monoisotopic (exact) mass is 394 g/mol. The predicted octanol–water partition coefficient (Wildman–Crippen LogP) is 2.96. The maximum Gasteiger partial charge on any atom is 0.355 e. The van der Waals surface area contributed by atoms with Gasteiger partial charge in [0.1, 0.15) is 12.1 Å². The van der Waals surface area contributed by atoms with Crippen LogP contribution in [0, 0.1) is 17.0 Å². The Morgan fingerprint density at radius 1 is 1.10 bits per heavy atom. The SMILES string of the molecule is Cc1cccc(Nc2ncnc(NNC(=O)COc3ccccc3)c2[N+](=O)[O-])c1. The van der Waals surface area contributed by atoms with E-state index in [-0.39, 0.29) is 18.2 Å². The molecule has 0 bridgehead atoms. The van der Waals surface area contributed by atoms with Crippen LogP contribution in [0.5, 0.6) is 5.75 Å². The molecule has 0 aliphatic heterocycles. The molecule has 0 aliphatic carbocycles. The summed E-state index contributed by atoms with van der Waals surface area (Å²) >= 11 is 0. The van der Waals surface area contributed by atoms with Gasteiger partial charge in [0.25, 0.3) is 5.91 Å². The first-order valence-electron chi connectivity index (χ1n) is 8.58. The highest BCUT2D eigenvalue weighted by Crippen LogP contribution is 2.30. The number of para-hydroxylation sites is 1. The number of hydrogen-bond acceptors (Lipinski definition) is 8. The van der Waals surface area contributed by atoms with Crippen molar-refractivity contribution >= 4 is 28.9 Å². The van der Waals surface area contributed by atoms with Gasteiger partial charge in [0.15, 0.2) is 6.61 Å². The standard InChI is InChI=1S/C19H18N6O4/c1-13-6-5-7-14(10-13)22-18-17(25(27)28)19(21-12-20-18)24-23-16(26)11-29-15-8-3-2-4-9-15/h2-10,12H,11H2,1H3,(H,23,26)(H2,20,21,22,24). The number of aromatic nitrogens is 2. The van der Waals surface area contributed by atoms with Crippen molar-refractivity contribution in [3.63, 3.8) is 0 Å². The fourth-order valence-corrected chi connectivity index (χ4v) is 2.42. The van der Waals surface area contributed by atoms with Crippen LogP contribution in [-0.4, -0.2) is 27.4 Å². The fraction of sp³-hybridized carbons (Fsp3) is 0.105. The van der Waals surface area contributed by atoms with E-state index in [1.807, 2.05) is 31.2 Å². The molecule has 0 saturated heterocycles. The largest absolute Gasteiger partial charge is 0.484 e. The van der Waals surface area contributed by atoms with Gasteiger partial charge in [-0.25, -0.2) is 9.97 Å². The minimum Gasteiger partial charge on any atom is -0.484 e. The van der Waals surface area contributed by atoms with Gasteiger partial charge in [0.05, 0.1) is 4.92 Å². The number of amides is 1. The predicted molar refractivity (Wildman–Crippen MR) is 107 cm³/mol. The Hall–Kier alpha value is -4.21. The van der Waals surface area contributed by atoms with Crippen molar-refractivity contribution in [2.75, 3.05) is 17.3 Å². The normalized spacial score (nSPS) is 10.1. The molecule has 3 aromatic rings. The summed E-state index contributed by atoms with van der Waals surface area (Å²) in [5, 5.41) is 14.5. The van der Waals surface area contributed by atoms with Crippen LogP contribution in [0.4, 0.5) is 23.0 Å². The third kappa shape index (κ3) is 5.39. The summed E-state index contributed by atoms with van der Waals surface area (Å²) in [5.74, 6) is -0.170. The summed E-state index contributed by atoms with van der Waals surface area (Å²) in [6, 6.07) is 16.1. The molecule has 3 N–H and O–H groups in total. The van der Waals surface area contributed by atoms with Crippen LogP contribution in [0.2, 0.25) is 0 Å². The van der Waals surface area contributed by atoms with E-state index in [1.165, 1.54) is 0 Å². The zero-order valence-corrected chi connectivity index (χ0v) is 15.5. The van der Waals surface area contributed by atoms with E-state index < -0.39 is 16.5 Å². The Bertz CT molecular complexity index is 1010. The lowest BCUT2D eigenvalue weighted by atomic mass is 10.2. The number of hydrazine groups is 1. The van der Waals surface area contributed by atoms with Gasteiger partial charge in [-0.2, -0.15) is 0 Å². The van der Waals surface area contributed by atoms with Crippen LogP contribution in [-0.2, 0) is 4.79 Å². The molecule has 1 aromatic heterocycles. The molecule has 1 amide bonds. The quantitative estimate of drug-likeness (QED) is 0.392. The van der Waals surface area contributed by atoms with E-state index in [9.17, 15) is 14.9 Å². The molecule has 0 spiro atoms. The summed E-state index contributed by atoms with van der Waals surface area (Å²) in [4.78, 5) is 30.7. The Balaban J connectivity index is 1.68. The van der Waals surface area contributed by atoms with Gasteiger partial charge >= 0.3 is 5.69 Å². The van der Waals surface area contributed by atoms with Crippen molar-refractivity contribution in [2.24, 2.45) is 0 Å². The number of carbonyl (C=O) groups is 1. The molecule has 0 radical (unpaired) electrons. The molecule has 29 heavy (non-hydrogen) atoms. The van der Waals surface area contributed by atoms with E-state index in [2.05, 4.69) is 26.1 Å². The second kappa shape index (κ2) is 9.13. The average Bonchev–Trinajstić information content (AvgIpc) is 2.71. The lowest BCUT2D eigenvalue weighted by molar-refractivity contribution is -0.383. The number of anilines is 3. The highest BCUT2D eigenvalue weighted by atomic mass is 16.6. The van der Waals surface area contributed by atoms with Crippen LogP contribution >= 0.6 is 0 Å². The molecular weight excluding hydrogens is 376 g/mol. The van der Waals surface area contributed by atoms with Crippen molar-refractivity contribution in [2.45, 2.75) is 6.92 Å². The number of nitro groups is 1. The molecule has 2 aromatic carbocycles. The average molecular weight is 394 g/mol. The summed E-state index contributed by atoms with van der Waals surface area (Å²) in [5.41, 5.74) is 6.00. The summed E-state index contributed by atoms with van der Waals surface area (Å²) in [7, 11) is 0. The summed E-state index contributed by atoms with van der Waals surface area (Å²) in [6.07, 6.45) is 1.15. The Morgan fingerprint density at radius 3 is 2.59 bits per heavy atom. The first-order valence-corrected chi connectivity index (χ1v) is 8.58. The first kappa shape index (κ1) is 19.5.